The van der Waals surface area contributed by atoms with E-state index in [2.05, 4.69) is 9.97 Å². The molecule has 0 aliphatic carbocycles. The highest BCUT2D eigenvalue weighted by molar-refractivity contribution is 5.87. The fourth-order valence-corrected chi connectivity index (χ4v) is 2.94. The number of aryl methyl sites for hydroxylation is 2. The van der Waals surface area contributed by atoms with Crippen LogP contribution in [0.1, 0.15) is 0 Å². The lowest BCUT2D eigenvalue weighted by atomic mass is 10.1. The Kier molecular flexibility index (Phi) is 2.93. The van der Waals surface area contributed by atoms with Crippen molar-refractivity contribution in [2.45, 2.75) is 0 Å². The maximum Gasteiger partial charge on any atom is 0.332 e. The minimum Gasteiger partial charge on any atom is -0.327 e. The number of hydrogen-bond donors (Lipinski definition) is 0. The topological polar surface area (TPSA) is 74.7 Å². The quantitative estimate of drug-likeness (QED) is 0.528. The Morgan fingerprint density at radius 1 is 0.833 bits per heavy atom. The minimum absolute atomic E-state index is 0.192. The Balaban J connectivity index is 2.15. The molecule has 0 aliphatic heterocycles. The molecular formula is C17H15N5O2. The Morgan fingerprint density at radius 2 is 1.54 bits per heavy atom. The number of rotatable bonds is 1. The summed E-state index contributed by atoms with van der Waals surface area (Å²) in [6, 6.07) is 11.8. The van der Waals surface area contributed by atoms with E-state index in [0.29, 0.717) is 11.2 Å². The molecule has 3 aromatic heterocycles. The monoisotopic (exact) mass is 321 g/mol. The van der Waals surface area contributed by atoms with Crippen molar-refractivity contribution in [3.05, 3.63) is 57.2 Å². The predicted octanol–water partition coefficient (Wildman–Crippen LogP) is 1.19. The van der Waals surface area contributed by atoms with Gasteiger partial charge in [-0.2, -0.15) is 0 Å². The van der Waals surface area contributed by atoms with Gasteiger partial charge in [-0.3, -0.25) is 13.9 Å². The van der Waals surface area contributed by atoms with Crippen molar-refractivity contribution in [3.63, 3.8) is 0 Å². The highest BCUT2D eigenvalue weighted by Gasteiger charge is 2.16. The Morgan fingerprint density at radius 3 is 2.25 bits per heavy atom. The van der Waals surface area contributed by atoms with Crippen LogP contribution in [0.4, 0.5) is 0 Å². The summed E-state index contributed by atoms with van der Waals surface area (Å²) in [5, 5.41) is 0. The van der Waals surface area contributed by atoms with Gasteiger partial charge in [0.1, 0.15) is 5.52 Å². The van der Waals surface area contributed by atoms with E-state index >= 15 is 0 Å². The summed E-state index contributed by atoms with van der Waals surface area (Å²) < 4.78 is 4.31. The first-order valence-electron chi connectivity index (χ1n) is 7.47. The van der Waals surface area contributed by atoms with Gasteiger partial charge in [0, 0.05) is 21.1 Å². The van der Waals surface area contributed by atoms with Crippen molar-refractivity contribution in [2.75, 3.05) is 0 Å². The molecule has 4 rings (SSSR count). The maximum absolute atomic E-state index is 12.3. The van der Waals surface area contributed by atoms with Gasteiger partial charge < -0.3 is 4.57 Å². The molecular weight excluding hydrogens is 306 g/mol. The third kappa shape index (κ3) is 1.84. The van der Waals surface area contributed by atoms with Gasteiger partial charge in [-0.1, -0.05) is 30.3 Å². The van der Waals surface area contributed by atoms with Crippen molar-refractivity contribution < 1.29 is 0 Å². The zero-order valence-electron chi connectivity index (χ0n) is 13.5. The molecule has 0 N–H and O–H groups in total. The molecule has 120 valence electrons. The van der Waals surface area contributed by atoms with Crippen LogP contribution in [0, 0.1) is 0 Å². The first kappa shape index (κ1) is 14.4. The van der Waals surface area contributed by atoms with E-state index in [-0.39, 0.29) is 11.2 Å². The molecule has 4 aromatic rings. The van der Waals surface area contributed by atoms with Gasteiger partial charge in [0.15, 0.2) is 16.8 Å². The van der Waals surface area contributed by atoms with Gasteiger partial charge in [-0.25, -0.2) is 14.8 Å². The molecule has 0 unspecified atom stereocenters. The standard InChI is InChI=1S/C17H15N5O2/c1-20-12(10-7-5-4-6-8-10)9-11-14(20)19-15-13(18-11)16(23)22(3)17(24)21(15)2/h4-9H,1-3H3. The first-order valence-corrected chi connectivity index (χ1v) is 7.47. The zero-order valence-corrected chi connectivity index (χ0v) is 13.5. The van der Waals surface area contributed by atoms with Gasteiger partial charge in [-0.05, 0) is 11.6 Å². The second-order valence-corrected chi connectivity index (χ2v) is 5.77. The highest BCUT2D eigenvalue weighted by Crippen LogP contribution is 2.25. The number of aromatic nitrogens is 5. The molecule has 3 heterocycles. The van der Waals surface area contributed by atoms with Gasteiger partial charge in [0.2, 0.25) is 0 Å². The lowest BCUT2D eigenvalue weighted by molar-refractivity contribution is 0.705. The van der Waals surface area contributed by atoms with Crippen LogP contribution in [0.15, 0.2) is 46.0 Å². The Hall–Kier alpha value is -3.22. The molecule has 0 bridgehead atoms. The average molecular weight is 321 g/mol. The molecule has 0 radical (unpaired) electrons. The van der Waals surface area contributed by atoms with E-state index in [1.54, 1.807) is 7.05 Å². The van der Waals surface area contributed by atoms with Gasteiger partial charge in [-0.15, -0.1) is 0 Å². The summed E-state index contributed by atoms with van der Waals surface area (Å²) in [6.45, 7) is 0. The number of benzene rings is 1. The van der Waals surface area contributed by atoms with Crippen LogP contribution in [0.2, 0.25) is 0 Å². The van der Waals surface area contributed by atoms with Crippen LogP contribution in [-0.4, -0.2) is 23.7 Å². The lowest BCUT2D eigenvalue weighted by Gasteiger charge is -2.07. The van der Waals surface area contributed by atoms with E-state index < -0.39 is 11.2 Å². The molecule has 0 amide bonds. The van der Waals surface area contributed by atoms with Crippen LogP contribution < -0.4 is 11.2 Å². The summed E-state index contributed by atoms with van der Waals surface area (Å²) >= 11 is 0. The van der Waals surface area contributed by atoms with Crippen molar-refractivity contribution in [2.24, 2.45) is 21.1 Å². The lowest BCUT2D eigenvalue weighted by Crippen LogP contribution is -2.37. The molecule has 24 heavy (non-hydrogen) atoms. The van der Waals surface area contributed by atoms with E-state index in [1.807, 2.05) is 48.0 Å². The van der Waals surface area contributed by atoms with Crippen LogP contribution in [-0.2, 0) is 21.1 Å². The minimum atomic E-state index is -0.437. The third-order valence-corrected chi connectivity index (χ3v) is 4.31. The summed E-state index contributed by atoms with van der Waals surface area (Å²) in [7, 11) is 4.92. The van der Waals surface area contributed by atoms with Crippen molar-refractivity contribution in [1.82, 2.24) is 23.7 Å². The van der Waals surface area contributed by atoms with E-state index in [9.17, 15) is 9.59 Å². The second kappa shape index (κ2) is 4.89. The SMILES string of the molecule is Cn1c(=O)c2nc3cc(-c4ccccc4)n(C)c3nc2n(C)c1=O. The van der Waals surface area contributed by atoms with Crippen LogP contribution >= 0.6 is 0 Å². The van der Waals surface area contributed by atoms with Gasteiger partial charge in [0.25, 0.3) is 5.56 Å². The molecule has 0 saturated heterocycles. The maximum atomic E-state index is 12.3. The zero-order chi connectivity index (χ0) is 17.0. The summed E-state index contributed by atoms with van der Waals surface area (Å²) in [4.78, 5) is 33.5. The highest BCUT2D eigenvalue weighted by atomic mass is 16.2. The summed E-state index contributed by atoms with van der Waals surface area (Å²) in [6.07, 6.45) is 0. The third-order valence-electron chi connectivity index (χ3n) is 4.31. The van der Waals surface area contributed by atoms with Crippen molar-refractivity contribution in [3.8, 4) is 11.3 Å². The average Bonchev–Trinajstić information content (AvgIpc) is 2.94. The van der Waals surface area contributed by atoms with Gasteiger partial charge >= 0.3 is 5.69 Å². The van der Waals surface area contributed by atoms with Gasteiger partial charge in [0.05, 0.1) is 5.69 Å². The van der Waals surface area contributed by atoms with Crippen molar-refractivity contribution in [1.29, 1.82) is 0 Å². The summed E-state index contributed by atoms with van der Waals surface area (Å²) in [5.41, 5.74) is 2.86. The molecule has 7 nitrogen and oxygen atoms in total. The summed E-state index contributed by atoms with van der Waals surface area (Å²) in [5.74, 6) is 0. The molecule has 7 heteroatoms. The molecule has 1 aromatic carbocycles. The normalized spacial score (nSPS) is 11.5. The van der Waals surface area contributed by atoms with Crippen LogP contribution in [0.3, 0.4) is 0 Å². The Labute approximate surface area is 136 Å². The number of fused-ring (bicyclic) bond motifs is 2. The van der Waals surface area contributed by atoms with E-state index in [1.165, 1.54) is 11.6 Å². The number of nitrogens with zero attached hydrogens (tertiary/aromatic N) is 5. The molecule has 0 aliphatic rings. The largest absolute Gasteiger partial charge is 0.332 e. The molecule has 0 spiro atoms. The molecule has 0 atom stereocenters. The van der Waals surface area contributed by atoms with E-state index in [4.69, 9.17) is 0 Å². The fraction of sp³-hybridized carbons (Fsp3) is 0.176. The number of hydrogen-bond acceptors (Lipinski definition) is 4. The molecule has 0 fully saturated rings. The van der Waals surface area contributed by atoms with E-state index in [0.717, 1.165) is 15.8 Å². The van der Waals surface area contributed by atoms with Crippen LogP contribution in [0.5, 0.6) is 0 Å². The van der Waals surface area contributed by atoms with Crippen LogP contribution in [0.25, 0.3) is 33.6 Å². The first-order chi connectivity index (χ1) is 11.5. The Bertz CT molecular complexity index is 1220. The smallest absolute Gasteiger partial charge is 0.327 e. The second-order valence-electron chi connectivity index (χ2n) is 5.77. The predicted molar refractivity (Wildman–Crippen MR) is 91.9 cm³/mol. The molecule has 0 saturated carbocycles. The fourth-order valence-electron chi connectivity index (χ4n) is 2.94. The van der Waals surface area contributed by atoms with Crippen molar-refractivity contribution >= 4 is 22.3 Å².